The van der Waals surface area contributed by atoms with Gasteiger partial charge in [-0.15, -0.1) is 0 Å². The predicted molar refractivity (Wildman–Crippen MR) is 143 cm³/mol. The largest absolute Gasteiger partial charge is 0.493 e. The third kappa shape index (κ3) is 6.00. The number of methoxy groups -OCH3 is 2. The van der Waals surface area contributed by atoms with E-state index in [1.165, 1.54) is 19.1 Å². The number of primary amides is 1. The number of nitrogens with two attached hydrogens (primary N) is 2. The molecule has 0 fully saturated rings. The van der Waals surface area contributed by atoms with Gasteiger partial charge in [-0.2, -0.15) is 4.37 Å². The Labute approximate surface area is 219 Å². The molecular weight excluding hydrogens is 494 g/mol. The molecule has 1 heterocycles. The van der Waals surface area contributed by atoms with Crippen LogP contribution >= 0.6 is 11.5 Å². The van der Waals surface area contributed by atoms with Gasteiger partial charge in [-0.25, -0.2) is 0 Å². The first kappa shape index (κ1) is 27.5. The maximum atomic E-state index is 14.1. The Morgan fingerprint density at radius 1 is 1.03 bits per heavy atom. The minimum absolute atomic E-state index is 0.0238. The molecular formula is C26H31N5O5S. The second-order valence-corrected chi connectivity index (χ2v) is 10.2. The molecule has 0 saturated carbocycles. The maximum Gasteiger partial charge on any atom is 0.273 e. The molecule has 5 N–H and O–H groups in total. The highest BCUT2D eigenvalue weighted by Crippen LogP contribution is 2.38. The van der Waals surface area contributed by atoms with Crippen molar-refractivity contribution in [3.8, 4) is 11.5 Å². The Balaban J connectivity index is 2.29. The van der Waals surface area contributed by atoms with E-state index in [0.717, 1.165) is 17.1 Å². The monoisotopic (exact) mass is 525 g/mol. The zero-order chi connectivity index (χ0) is 27.5. The van der Waals surface area contributed by atoms with Gasteiger partial charge in [0.25, 0.3) is 11.8 Å². The predicted octanol–water partition coefficient (Wildman–Crippen LogP) is 3.45. The number of nitrogens with zero attached hydrogens (tertiary/aromatic N) is 2. The number of carbonyl (C=O) groups excluding carboxylic acids is 3. The van der Waals surface area contributed by atoms with E-state index in [-0.39, 0.29) is 16.3 Å². The van der Waals surface area contributed by atoms with E-state index in [0.29, 0.717) is 22.7 Å². The fraction of sp³-hybridized carbons (Fsp3) is 0.308. The number of anilines is 2. The van der Waals surface area contributed by atoms with E-state index >= 15 is 0 Å². The highest BCUT2D eigenvalue weighted by atomic mass is 32.1. The number of nitrogens with one attached hydrogen (secondary N) is 1. The molecule has 2 aromatic carbocycles. The van der Waals surface area contributed by atoms with E-state index in [2.05, 4.69) is 9.69 Å². The van der Waals surface area contributed by atoms with Crippen molar-refractivity contribution in [1.82, 2.24) is 9.69 Å². The second-order valence-electron chi connectivity index (χ2n) is 9.41. The lowest BCUT2D eigenvalue weighted by molar-refractivity contribution is -0.123. The highest BCUT2D eigenvalue weighted by molar-refractivity contribution is 7.09. The van der Waals surface area contributed by atoms with E-state index in [4.69, 9.17) is 20.9 Å². The van der Waals surface area contributed by atoms with Gasteiger partial charge >= 0.3 is 0 Å². The quantitative estimate of drug-likeness (QED) is 0.408. The average Bonchev–Trinajstić information content (AvgIpc) is 3.22. The van der Waals surface area contributed by atoms with Crippen molar-refractivity contribution in [3.63, 3.8) is 0 Å². The van der Waals surface area contributed by atoms with Crippen LogP contribution in [0.4, 0.5) is 11.4 Å². The van der Waals surface area contributed by atoms with E-state index in [1.54, 1.807) is 30.3 Å². The van der Waals surface area contributed by atoms with Crippen molar-refractivity contribution in [2.45, 2.75) is 39.3 Å². The first-order valence-electron chi connectivity index (χ1n) is 11.4. The van der Waals surface area contributed by atoms with Gasteiger partial charge in [0.05, 0.1) is 19.9 Å². The van der Waals surface area contributed by atoms with E-state index < -0.39 is 29.3 Å². The molecule has 0 aliphatic heterocycles. The van der Waals surface area contributed by atoms with Crippen LogP contribution in [0.15, 0.2) is 42.5 Å². The molecule has 3 rings (SSSR count). The van der Waals surface area contributed by atoms with E-state index in [1.807, 2.05) is 39.8 Å². The minimum atomic E-state index is -1.11. The van der Waals surface area contributed by atoms with Crippen molar-refractivity contribution in [3.05, 3.63) is 64.2 Å². The van der Waals surface area contributed by atoms with Crippen LogP contribution in [0, 0.1) is 6.92 Å². The molecule has 1 aromatic heterocycles. The Hall–Kier alpha value is -4.12. The van der Waals surface area contributed by atoms with Crippen LogP contribution in [0.5, 0.6) is 11.5 Å². The highest BCUT2D eigenvalue weighted by Gasteiger charge is 2.37. The summed E-state index contributed by atoms with van der Waals surface area (Å²) in [6.07, 6.45) is 0. The van der Waals surface area contributed by atoms with Gasteiger partial charge in [-0.3, -0.25) is 19.3 Å². The van der Waals surface area contributed by atoms with Gasteiger partial charge in [0.1, 0.15) is 10.9 Å². The summed E-state index contributed by atoms with van der Waals surface area (Å²) in [4.78, 5) is 41.0. The molecule has 0 bridgehead atoms. The van der Waals surface area contributed by atoms with Crippen LogP contribution in [0.2, 0.25) is 0 Å². The van der Waals surface area contributed by atoms with Crippen molar-refractivity contribution in [2.75, 3.05) is 24.9 Å². The zero-order valence-corrected chi connectivity index (χ0v) is 22.4. The number of aromatic nitrogens is 1. The lowest BCUT2D eigenvalue weighted by atomic mass is 9.99. The van der Waals surface area contributed by atoms with Crippen LogP contribution < -0.4 is 31.2 Å². The number of hydrogen-bond acceptors (Lipinski definition) is 8. The SMILES string of the molecule is COc1ccc(N(C(=O)c2snc(C(N)=O)c2N)[C@@H](C(=O)NC(C)(C)C)c2ccc(C)cc2)cc1OC. The minimum Gasteiger partial charge on any atom is -0.493 e. The smallest absolute Gasteiger partial charge is 0.273 e. The molecule has 0 unspecified atom stereocenters. The summed E-state index contributed by atoms with van der Waals surface area (Å²) in [6, 6.07) is 11.0. The molecule has 0 aliphatic carbocycles. The van der Waals surface area contributed by atoms with Crippen molar-refractivity contribution in [1.29, 1.82) is 0 Å². The van der Waals surface area contributed by atoms with Crippen molar-refractivity contribution < 1.29 is 23.9 Å². The summed E-state index contributed by atoms with van der Waals surface area (Å²) in [5.41, 5.74) is 12.4. The molecule has 0 spiro atoms. The normalized spacial score (nSPS) is 11.9. The molecule has 37 heavy (non-hydrogen) atoms. The number of rotatable bonds is 8. The summed E-state index contributed by atoms with van der Waals surface area (Å²) in [5, 5.41) is 2.97. The fourth-order valence-electron chi connectivity index (χ4n) is 3.70. The Morgan fingerprint density at radius 2 is 1.65 bits per heavy atom. The Bertz CT molecular complexity index is 1310. The standard InChI is InChI=1S/C26H31N5O5S/c1-14-7-9-15(10-8-14)21(24(33)29-26(2,3)4)31(16-11-12-17(35-5)18(13-16)36-6)25(34)22-19(27)20(23(28)32)30-37-22/h7-13,21H,27H2,1-6H3,(H2,28,32)(H,29,33)/t21-/m1/s1. The number of benzene rings is 2. The molecule has 0 aliphatic rings. The molecule has 3 amide bonds. The van der Waals surface area contributed by atoms with Gasteiger partial charge < -0.3 is 26.3 Å². The molecule has 0 saturated heterocycles. The summed E-state index contributed by atoms with van der Waals surface area (Å²) >= 11 is 0.738. The first-order chi connectivity index (χ1) is 17.4. The van der Waals surface area contributed by atoms with E-state index in [9.17, 15) is 14.4 Å². The fourth-order valence-corrected chi connectivity index (χ4v) is 4.44. The summed E-state index contributed by atoms with van der Waals surface area (Å²) in [7, 11) is 2.97. The maximum absolute atomic E-state index is 14.1. The molecule has 10 nitrogen and oxygen atoms in total. The van der Waals surface area contributed by atoms with Gasteiger partial charge in [0, 0.05) is 17.3 Å². The number of carbonyl (C=O) groups is 3. The van der Waals surface area contributed by atoms with Gasteiger partial charge in [0.15, 0.2) is 17.2 Å². The summed E-state index contributed by atoms with van der Waals surface area (Å²) in [5.74, 6) is -1.11. The second kappa shape index (κ2) is 10.9. The zero-order valence-electron chi connectivity index (χ0n) is 21.6. The number of nitrogen functional groups attached to an aromatic ring is 1. The van der Waals surface area contributed by atoms with Crippen LogP contribution in [0.1, 0.15) is 58.1 Å². The first-order valence-corrected chi connectivity index (χ1v) is 12.1. The van der Waals surface area contributed by atoms with Gasteiger partial charge in [-0.05, 0) is 56.9 Å². The van der Waals surface area contributed by atoms with Crippen LogP contribution in [-0.2, 0) is 4.79 Å². The summed E-state index contributed by atoms with van der Waals surface area (Å²) < 4.78 is 14.8. The van der Waals surface area contributed by atoms with Crippen LogP contribution in [0.25, 0.3) is 0 Å². The molecule has 11 heteroatoms. The number of hydrogen-bond donors (Lipinski definition) is 3. The molecule has 3 aromatic rings. The lowest BCUT2D eigenvalue weighted by Gasteiger charge is -2.34. The average molecular weight is 526 g/mol. The molecule has 1 atom stereocenters. The van der Waals surface area contributed by atoms with Crippen molar-refractivity contribution >= 4 is 40.6 Å². The Morgan fingerprint density at radius 3 is 2.16 bits per heavy atom. The number of ether oxygens (including phenoxy) is 2. The number of aryl methyl sites for hydroxylation is 1. The van der Waals surface area contributed by atoms with Gasteiger partial charge in [-0.1, -0.05) is 29.8 Å². The lowest BCUT2D eigenvalue weighted by Crippen LogP contribution is -2.49. The number of amides is 3. The van der Waals surface area contributed by atoms with Crippen molar-refractivity contribution in [2.24, 2.45) is 5.73 Å². The summed E-state index contributed by atoms with van der Waals surface area (Å²) in [6.45, 7) is 7.47. The van der Waals surface area contributed by atoms with Crippen LogP contribution in [0.3, 0.4) is 0 Å². The third-order valence-corrected chi connectivity index (χ3v) is 6.27. The molecule has 0 radical (unpaired) electrons. The third-order valence-electron chi connectivity index (χ3n) is 5.42. The van der Waals surface area contributed by atoms with Gasteiger partial charge in [0.2, 0.25) is 5.91 Å². The Kier molecular flexibility index (Phi) is 8.07. The topological polar surface area (TPSA) is 150 Å². The van der Waals surface area contributed by atoms with Crippen LogP contribution in [-0.4, -0.2) is 41.9 Å². The molecule has 196 valence electrons.